The lowest BCUT2D eigenvalue weighted by molar-refractivity contribution is 1.84. The Morgan fingerprint density at radius 1 is 0.700 bits per heavy atom. The van der Waals surface area contributed by atoms with Crippen LogP contribution in [0.1, 0.15) is 0 Å². The molecule has 0 bridgehead atoms. The Morgan fingerprint density at radius 2 is 0.900 bits per heavy atom. The third-order valence-corrected chi connectivity index (χ3v) is 30.2. The van der Waals surface area contributed by atoms with Gasteiger partial charge in [-0.2, -0.15) is 0 Å². The highest BCUT2D eigenvalue weighted by molar-refractivity contribution is 8.61. The number of hydrogen-bond acceptors (Lipinski definition) is 0. The first kappa shape index (κ1) is 10.8. The van der Waals surface area contributed by atoms with Crippen molar-refractivity contribution in [2.24, 2.45) is 0 Å². The summed E-state index contributed by atoms with van der Waals surface area (Å²) in [5.74, 6) is 0. The van der Waals surface area contributed by atoms with Crippen molar-refractivity contribution < 1.29 is 0 Å². The Hall–Kier alpha value is 0.784. The minimum atomic E-state index is -0.769. The third-order valence-electron chi connectivity index (χ3n) is 2.01. The van der Waals surface area contributed by atoms with E-state index in [1.54, 1.807) is 0 Å². The molecule has 0 aromatic heterocycles. The summed E-state index contributed by atoms with van der Waals surface area (Å²) in [4.78, 5) is 0. The molecule has 3 heteroatoms. The van der Waals surface area contributed by atoms with Gasteiger partial charge in [-0.25, -0.2) is 0 Å². The van der Waals surface area contributed by atoms with E-state index in [0.717, 1.165) is 0 Å². The van der Waals surface area contributed by atoms with Crippen molar-refractivity contribution in [1.29, 1.82) is 0 Å². The van der Waals surface area contributed by atoms with Crippen LogP contribution in [0.25, 0.3) is 0 Å². The second kappa shape index (κ2) is 3.03. The van der Waals surface area contributed by atoms with Crippen LogP contribution in [0.15, 0.2) is 0 Å². The predicted octanol–water partition coefficient (Wildman–Crippen LogP) is 3.29. The highest BCUT2D eigenvalue weighted by Crippen LogP contribution is 2.42. The lowest BCUT2D eigenvalue weighted by atomic mass is 11.8. The molecule has 0 saturated carbocycles. The fourth-order valence-electron chi connectivity index (χ4n) is 1.01. The molecule has 0 nitrogen and oxygen atoms in total. The molecule has 0 aliphatic rings. The Labute approximate surface area is 70.1 Å². The monoisotopic (exact) mass is 194 g/mol. The molecule has 0 atom stereocenters. The van der Waals surface area contributed by atoms with Gasteiger partial charge in [-0.3, -0.25) is 9.79 Å². The van der Waals surface area contributed by atoms with E-state index in [1.165, 1.54) is 0 Å². The standard InChI is InChI=1S/C7H22SSi2/c1-8(9(2,3)4)10(5,6)7/h8H,1-7H3. The Kier molecular flexibility index (Phi) is 3.27. The second-order valence-corrected chi connectivity index (χ2v) is 28.1. The van der Waals surface area contributed by atoms with Gasteiger partial charge in [-0.1, -0.05) is 39.3 Å². The zero-order chi connectivity index (χ0) is 8.58. The highest BCUT2D eigenvalue weighted by atomic mass is 32.6. The molecular weight excluding hydrogens is 172 g/mol. The average Bonchev–Trinajstić information content (AvgIpc) is 1.59. The lowest BCUT2D eigenvalue weighted by Gasteiger charge is -2.39. The van der Waals surface area contributed by atoms with Crippen molar-refractivity contribution in [3.8, 4) is 0 Å². The Morgan fingerprint density at radius 3 is 0.900 bits per heavy atom. The van der Waals surface area contributed by atoms with Gasteiger partial charge in [0.05, 0.1) is 14.4 Å². The van der Waals surface area contributed by atoms with Crippen LogP contribution in [0.2, 0.25) is 39.3 Å². The average molecular weight is 194 g/mol. The smallest absolute Gasteiger partial charge is 0.0819 e. The third kappa shape index (κ3) is 3.26. The molecule has 0 aromatic rings. The summed E-state index contributed by atoms with van der Waals surface area (Å²) in [5, 5.41) is 0. The van der Waals surface area contributed by atoms with Crippen LogP contribution in [-0.4, -0.2) is 20.7 Å². The molecule has 0 fully saturated rings. The topological polar surface area (TPSA) is 0 Å². The SMILES string of the molecule is C[SH]([Si](C)(C)C)[Si](C)(C)C. The highest BCUT2D eigenvalue weighted by Gasteiger charge is 2.30. The van der Waals surface area contributed by atoms with Crippen LogP contribution in [0, 0.1) is 0 Å². The molecule has 0 unspecified atom stereocenters. The van der Waals surface area contributed by atoms with Gasteiger partial charge in [0.15, 0.2) is 0 Å². The van der Waals surface area contributed by atoms with E-state index < -0.39 is 14.4 Å². The van der Waals surface area contributed by atoms with E-state index in [1.807, 2.05) is 0 Å². The van der Waals surface area contributed by atoms with Gasteiger partial charge in [-0.15, -0.1) is 0 Å². The van der Waals surface area contributed by atoms with Crippen molar-refractivity contribution in [3.05, 3.63) is 0 Å². The molecule has 0 radical (unpaired) electrons. The molecule has 0 amide bonds. The fourth-order valence-corrected chi connectivity index (χ4v) is 27.2. The summed E-state index contributed by atoms with van der Waals surface area (Å²) in [6, 6.07) is 0. The summed E-state index contributed by atoms with van der Waals surface area (Å²) in [6.45, 7) is 15.1. The minimum Gasteiger partial charge on any atom is -0.281 e. The number of thiol groups is 1. The summed E-state index contributed by atoms with van der Waals surface area (Å²) in [6.07, 6.45) is 2.52. The molecule has 10 heavy (non-hydrogen) atoms. The summed E-state index contributed by atoms with van der Waals surface area (Å²) in [7, 11) is -1.12. The van der Waals surface area contributed by atoms with E-state index in [9.17, 15) is 0 Å². The van der Waals surface area contributed by atoms with Crippen molar-refractivity contribution >= 4 is 24.2 Å². The Bertz CT molecular complexity index is 95.8. The van der Waals surface area contributed by atoms with Crippen molar-refractivity contribution in [2.45, 2.75) is 39.3 Å². The maximum Gasteiger partial charge on any atom is 0.0819 e. The molecule has 0 saturated heterocycles. The van der Waals surface area contributed by atoms with E-state index in [2.05, 4.69) is 45.5 Å². The quantitative estimate of drug-likeness (QED) is 0.506. The van der Waals surface area contributed by atoms with Crippen LogP contribution in [-0.2, 0) is 0 Å². The molecule has 0 aliphatic carbocycles. The van der Waals surface area contributed by atoms with Gasteiger partial charge in [0.2, 0.25) is 0 Å². The zero-order valence-electron chi connectivity index (χ0n) is 8.45. The van der Waals surface area contributed by atoms with E-state index in [-0.39, 0.29) is 0 Å². The summed E-state index contributed by atoms with van der Waals surface area (Å²) in [5.41, 5.74) is 0. The summed E-state index contributed by atoms with van der Waals surface area (Å²) >= 11 is 0. The minimum absolute atomic E-state index is 0.415. The maximum atomic E-state index is 2.52. The van der Waals surface area contributed by atoms with E-state index >= 15 is 0 Å². The fraction of sp³-hybridized carbons (Fsp3) is 1.00. The van der Waals surface area contributed by atoms with E-state index in [0.29, 0.717) is 9.79 Å². The maximum absolute atomic E-state index is 2.52. The van der Waals surface area contributed by atoms with Gasteiger partial charge >= 0.3 is 0 Å². The van der Waals surface area contributed by atoms with Crippen molar-refractivity contribution in [1.82, 2.24) is 0 Å². The normalized spacial score (nSPS) is 15.3. The van der Waals surface area contributed by atoms with Crippen molar-refractivity contribution in [2.75, 3.05) is 6.26 Å². The van der Waals surface area contributed by atoms with Gasteiger partial charge in [0.1, 0.15) is 0 Å². The molecule has 0 N–H and O–H groups in total. The van der Waals surface area contributed by atoms with Gasteiger partial charge < -0.3 is 0 Å². The van der Waals surface area contributed by atoms with Crippen LogP contribution in [0.5, 0.6) is 0 Å². The van der Waals surface area contributed by atoms with Crippen LogP contribution < -0.4 is 0 Å². The zero-order valence-corrected chi connectivity index (χ0v) is 11.3. The predicted molar refractivity (Wildman–Crippen MR) is 61.6 cm³/mol. The second-order valence-electron chi connectivity index (χ2n) is 4.90. The molecule has 0 rings (SSSR count). The van der Waals surface area contributed by atoms with Gasteiger partial charge in [-0.05, 0) is 6.26 Å². The molecule has 64 valence electrons. The molecule has 0 spiro atoms. The largest absolute Gasteiger partial charge is 0.281 e. The van der Waals surface area contributed by atoms with Gasteiger partial charge in [0.25, 0.3) is 0 Å². The van der Waals surface area contributed by atoms with Gasteiger partial charge in [0, 0.05) is 0 Å². The lowest BCUT2D eigenvalue weighted by Crippen LogP contribution is -2.34. The van der Waals surface area contributed by atoms with Crippen molar-refractivity contribution in [3.63, 3.8) is 0 Å². The summed E-state index contributed by atoms with van der Waals surface area (Å²) < 4.78 is 0. The first-order valence-electron chi connectivity index (χ1n) is 3.89. The number of rotatable bonds is 2. The number of hydrogen-bond donors (Lipinski definition) is 1. The molecular formula is C7H22SSi2. The first-order chi connectivity index (χ1) is 4.15. The molecule has 0 aliphatic heterocycles. The first-order valence-corrected chi connectivity index (χ1v) is 14.4. The van der Waals surface area contributed by atoms with Crippen LogP contribution in [0.3, 0.4) is 0 Å². The van der Waals surface area contributed by atoms with Crippen LogP contribution >= 0.6 is 9.79 Å². The Balaban J connectivity index is 4.23. The molecule has 0 heterocycles. The molecule has 0 aromatic carbocycles. The van der Waals surface area contributed by atoms with E-state index in [4.69, 9.17) is 0 Å². The van der Waals surface area contributed by atoms with Crippen LogP contribution in [0.4, 0.5) is 0 Å².